The molecule has 2 amide bonds. The molecule has 2 aromatic heterocycles. The minimum atomic E-state index is -4.69. The van der Waals surface area contributed by atoms with Crippen LogP contribution in [0.3, 0.4) is 0 Å². The SMILES string of the molecule is CC(c1ccc(SCCCCl)nc1)N1C[C@@H](C)n2nc3c(c2C1=O)CN(C(=O)c1ccc(Cl)c(C(F)(F)F)c1)[C@H](C)C3. The monoisotopic (exact) mass is 639 g/mol. The summed E-state index contributed by atoms with van der Waals surface area (Å²) in [6.07, 6.45) is -1.64. The first-order chi connectivity index (χ1) is 19.9. The second kappa shape index (κ2) is 12.1. The molecule has 0 aliphatic carbocycles. The van der Waals surface area contributed by atoms with E-state index in [0.29, 0.717) is 30.1 Å². The molecule has 2 aliphatic rings. The molecular weight excluding hydrogens is 610 g/mol. The normalized spacial score (nSPS) is 19.5. The second-order valence-electron chi connectivity index (χ2n) is 10.7. The Labute approximate surface area is 256 Å². The molecule has 13 heteroatoms. The van der Waals surface area contributed by atoms with E-state index < -0.39 is 22.7 Å². The van der Waals surface area contributed by atoms with Crippen LogP contribution in [0.2, 0.25) is 5.02 Å². The van der Waals surface area contributed by atoms with Gasteiger partial charge in [-0.2, -0.15) is 18.3 Å². The molecule has 3 aromatic rings. The van der Waals surface area contributed by atoms with Gasteiger partial charge in [0.1, 0.15) is 5.69 Å². The van der Waals surface area contributed by atoms with Crippen LogP contribution in [0.5, 0.6) is 0 Å². The minimum absolute atomic E-state index is 0.0606. The first kappa shape index (κ1) is 30.7. The number of halogens is 5. The third kappa shape index (κ3) is 5.88. The number of alkyl halides is 4. The van der Waals surface area contributed by atoms with Gasteiger partial charge in [-0.05, 0) is 57.0 Å². The number of hydrogen-bond acceptors (Lipinski definition) is 5. The van der Waals surface area contributed by atoms with Crippen molar-refractivity contribution in [2.75, 3.05) is 18.2 Å². The molecule has 0 saturated carbocycles. The van der Waals surface area contributed by atoms with E-state index >= 15 is 0 Å². The molecule has 7 nitrogen and oxygen atoms in total. The van der Waals surface area contributed by atoms with E-state index in [0.717, 1.165) is 40.6 Å². The fraction of sp³-hybridized carbons (Fsp3) is 0.448. The van der Waals surface area contributed by atoms with Gasteiger partial charge in [-0.15, -0.1) is 23.4 Å². The number of aromatic nitrogens is 3. The van der Waals surface area contributed by atoms with Crippen LogP contribution in [-0.4, -0.2) is 60.6 Å². The molecule has 4 heterocycles. The van der Waals surface area contributed by atoms with Gasteiger partial charge in [0.05, 0.1) is 39.9 Å². The molecule has 0 N–H and O–H groups in total. The van der Waals surface area contributed by atoms with Gasteiger partial charge in [-0.3, -0.25) is 14.3 Å². The Kier molecular flexibility index (Phi) is 8.83. The van der Waals surface area contributed by atoms with Gasteiger partial charge in [0, 0.05) is 48.0 Å². The Bertz CT molecular complexity index is 1500. The van der Waals surface area contributed by atoms with E-state index in [2.05, 4.69) is 4.98 Å². The number of benzene rings is 1. The Morgan fingerprint density at radius 3 is 2.62 bits per heavy atom. The molecule has 224 valence electrons. The van der Waals surface area contributed by atoms with E-state index in [9.17, 15) is 22.8 Å². The third-order valence-electron chi connectivity index (χ3n) is 7.80. The predicted molar refractivity (Wildman–Crippen MR) is 156 cm³/mol. The number of hydrogen-bond donors (Lipinski definition) is 0. The highest BCUT2D eigenvalue weighted by atomic mass is 35.5. The van der Waals surface area contributed by atoms with E-state index in [1.54, 1.807) is 27.5 Å². The van der Waals surface area contributed by atoms with Crippen LogP contribution in [0.4, 0.5) is 13.2 Å². The predicted octanol–water partition coefficient (Wildman–Crippen LogP) is 7.04. The molecule has 0 fully saturated rings. The van der Waals surface area contributed by atoms with Gasteiger partial charge in [-0.1, -0.05) is 17.7 Å². The molecule has 1 unspecified atom stereocenters. The third-order valence-corrected chi connectivity index (χ3v) is 9.43. The lowest BCUT2D eigenvalue weighted by Crippen LogP contribution is -2.45. The maximum absolute atomic E-state index is 14.0. The molecular formula is C29H30Cl2F3N5O2S. The molecule has 0 bridgehead atoms. The van der Waals surface area contributed by atoms with Gasteiger partial charge in [0.25, 0.3) is 11.8 Å². The van der Waals surface area contributed by atoms with Crippen molar-refractivity contribution in [2.24, 2.45) is 0 Å². The summed E-state index contributed by atoms with van der Waals surface area (Å²) in [6, 6.07) is 6.37. The molecule has 1 aromatic carbocycles. The van der Waals surface area contributed by atoms with Crippen LogP contribution < -0.4 is 0 Å². The van der Waals surface area contributed by atoms with Crippen LogP contribution >= 0.6 is 35.0 Å². The zero-order valence-corrected chi connectivity index (χ0v) is 25.6. The number of nitrogens with zero attached hydrogens (tertiary/aromatic N) is 5. The summed E-state index contributed by atoms with van der Waals surface area (Å²) in [6.45, 7) is 6.27. The molecule has 2 aliphatic heterocycles. The highest BCUT2D eigenvalue weighted by Gasteiger charge is 2.41. The van der Waals surface area contributed by atoms with Crippen molar-refractivity contribution in [3.63, 3.8) is 0 Å². The van der Waals surface area contributed by atoms with Crippen molar-refractivity contribution in [1.29, 1.82) is 0 Å². The fourth-order valence-corrected chi connectivity index (χ4v) is 6.78. The first-order valence-electron chi connectivity index (χ1n) is 13.6. The number of fused-ring (bicyclic) bond motifs is 3. The Morgan fingerprint density at radius 2 is 1.95 bits per heavy atom. The Balaban J connectivity index is 1.40. The number of amides is 2. The molecule has 5 rings (SSSR count). The average molecular weight is 641 g/mol. The molecule has 0 spiro atoms. The van der Waals surface area contributed by atoms with Gasteiger partial charge >= 0.3 is 6.18 Å². The highest BCUT2D eigenvalue weighted by Crippen LogP contribution is 2.37. The van der Waals surface area contributed by atoms with Gasteiger partial charge in [0.15, 0.2) is 0 Å². The number of carbonyl (C=O) groups excluding carboxylic acids is 2. The standard InChI is InChI=1S/C29H30Cl2F3N5O2S/c1-16-11-24-21(15-37(16)27(40)19-5-7-23(31)22(12-19)29(32,33)34)26-28(41)38(14-17(2)39(26)36-24)18(3)20-6-8-25(35-13-20)42-10-4-9-30/h5-8,12-13,16-18H,4,9-11,14-15H2,1-3H3/t16-,17-,18?/m1/s1. The molecule has 3 atom stereocenters. The summed E-state index contributed by atoms with van der Waals surface area (Å²) < 4.78 is 42.1. The smallest absolute Gasteiger partial charge is 0.331 e. The minimum Gasteiger partial charge on any atom is -0.331 e. The number of carbonyl (C=O) groups is 2. The first-order valence-corrected chi connectivity index (χ1v) is 15.5. The quantitative estimate of drug-likeness (QED) is 0.158. The molecule has 0 radical (unpaired) electrons. The zero-order chi connectivity index (χ0) is 30.3. The second-order valence-corrected chi connectivity index (χ2v) is 12.6. The van der Waals surface area contributed by atoms with Gasteiger partial charge < -0.3 is 9.80 Å². The average Bonchev–Trinajstić information content (AvgIpc) is 3.33. The van der Waals surface area contributed by atoms with Gasteiger partial charge in [-0.25, -0.2) is 4.98 Å². The zero-order valence-electron chi connectivity index (χ0n) is 23.3. The lowest BCUT2D eigenvalue weighted by molar-refractivity contribution is -0.137. The van der Waals surface area contributed by atoms with Crippen molar-refractivity contribution >= 4 is 46.8 Å². The maximum atomic E-state index is 14.0. The number of rotatable bonds is 7. The Hall–Kier alpha value is -2.76. The topological polar surface area (TPSA) is 71.3 Å². The summed E-state index contributed by atoms with van der Waals surface area (Å²) in [5, 5.41) is 5.17. The maximum Gasteiger partial charge on any atom is 0.417 e. The van der Waals surface area contributed by atoms with E-state index in [1.165, 1.54) is 11.0 Å². The van der Waals surface area contributed by atoms with E-state index in [1.807, 2.05) is 32.9 Å². The van der Waals surface area contributed by atoms with Crippen molar-refractivity contribution in [3.8, 4) is 0 Å². The summed E-state index contributed by atoms with van der Waals surface area (Å²) in [5.41, 5.74) is 1.48. The van der Waals surface area contributed by atoms with Crippen molar-refractivity contribution < 1.29 is 22.8 Å². The fourth-order valence-electron chi connectivity index (χ4n) is 5.47. The lowest BCUT2D eigenvalue weighted by atomic mass is 9.96. The van der Waals surface area contributed by atoms with Crippen molar-refractivity contribution in [3.05, 3.63) is 75.2 Å². The van der Waals surface area contributed by atoms with Crippen LogP contribution in [0.25, 0.3) is 0 Å². The lowest BCUT2D eigenvalue weighted by Gasteiger charge is -2.37. The number of thioether (sulfide) groups is 1. The van der Waals surface area contributed by atoms with Crippen LogP contribution in [0.1, 0.15) is 82.5 Å². The van der Waals surface area contributed by atoms with Crippen molar-refractivity contribution in [2.45, 2.75) is 69.5 Å². The van der Waals surface area contributed by atoms with Crippen LogP contribution in [-0.2, 0) is 19.1 Å². The molecule has 42 heavy (non-hydrogen) atoms. The summed E-state index contributed by atoms with van der Waals surface area (Å²) in [5.74, 6) is 0.708. The van der Waals surface area contributed by atoms with E-state index in [-0.39, 0.29) is 36.1 Å². The number of pyridine rings is 1. The van der Waals surface area contributed by atoms with Crippen LogP contribution in [0, 0.1) is 0 Å². The van der Waals surface area contributed by atoms with Crippen LogP contribution in [0.15, 0.2) is 41.6 Å². The summed E-state index contributed by atoms with van der Waals surface area (Å²) in [7, 11) is 0. The summed E-state index contributed by atoms with van der Waals surface area (Å²) >= 11 is 13.2. The highest BCUT2D eigenvalue weighted by molar-refractivity contribution is 7.99. The Morgan fingerprint density at radius 1 is 1.19 bits per heavy atom. The van der Waals surface area contributed by atoms with Crippen molar-refractivity contribution in [1.82, 2.24) is 24.6 Å². The largest absolute Gasteiger partial charge is 0.417 e. The van der Waals surface area contributed by atoms with E-state index in [4.69, 9.17) is 28.3 Å². The van der Waals surface area contributed by atoms with Gasteiger partial charge in [0.2, 0.25) is 0 Å². The molecule has 0 saturated heterocycles. The summed E-state index contributed by atoms with van der Waals surface area (Å²) in [4.78, 5) is 35.3.